The first-order valence-electron chi connectivity index (χ1n) is 9.47. The van der Waals surface area contributed by atoms with Crippen LogP contribution in [0, 0.1) is 12.7 Å². The van der Waals surface area contributed by atoms with E-state index in [2.05, 4.69) is 55.1 Å². The fourth-order valence-corrected chi connectivity index (χ4v) is 4.04. The second kappa shape index (κ2) is 8.37. The normalized spacial score (nSPS) is 11.1. The first-order valence-corrected chi connectivity index (χ1v) is 11.0. The molecule has 0 amide bonds. The predicted molar refractivity (Wildman–Crippen MR) is 134 cm³/mol. The van der Waals surface area contributed by atoms with Crippen molar-refractivity contribution in [3.8, 4) is 22.4 Å². The molecule has 0 fully saturated rings. The standard InChI is InChI=1S/C24H21FIN2P/c1-3-28(26)18-7-4-16(5-8-18)20-10-6-17(13-22(20)25)24-12-15(2)21-14-19(29)9-11-23(21)27-24/h4-14H,3,29H2,1-2H3. The van der Waals surface area contributed by atoms with Crippen LogP contribution >= 0.6 is 32.1 Å². The summed E-state index contributed by atoms with van der Waals surface area (Å²) < 4.78 is 17.1. The molecule has 1 atom stereocenters. The van der Waals surface area contributed by atoms with Crippen LogP contribution < -0.4 is 8.42 Å². The highest BCUT2D eigenvalue weighted by Gasteiger charge is 2.11. The van der Waals surface area contributed by atoms with E-state index in [0.29, 0.717) is 5.56 Å². The SMILES string of the molecule is CCN(I)c1ccc(-c2ccc(-c3cc(C)c4cc(P)ccc4n3)cc2F)cc1. The Hall–Kier alpha value is -2.04. The van der Waals surface area contributed by atoms with Gasteiger partial charge < -0.3 is 3.11 Å². The number of pyridine rings is 1. The minimum absolute atomic E-state index is 0.239. The van der Waals surface area contributed by atoms with Crippen LogP contribution in [0.1, 0.15) is 12.5 Å². The van der Waals surface area contributed by atoms with Crippen LogP contribution in [0.2, 0.25) is 0 Å². The molecular weight excluding hydrogens is 493 g/mol. The van der Waals surface area contributed by atoms with Crippen molar-refractivity contribution in [3.05, 3.63) is 78.1 Å². The Labute approximate surface area is 186 Å². The zero-order chi connectivity index (χ0) is 20.5. The minimum Gasteiger partial charge on any atom is -0.315 e. The van der Waals surface area contributed by atoms with E-state index in [1.165, 1.54) is 0 Å². The third kappa shape index (κ3) is 4.15. The molecule has 0 saturated carbocycles. The molecule has 29 heavy (non-hydrogen) atoms. The van der Waals surface area contributed by atoms with Crippen LogP contribution in [-0.4, -0.2) is 11.5 Å². The summed E-state index contributed by atoms with van der Waals surface area (Å²) in [6.07, 6.45) is 0. The number of halogens is 2. The number of nitrogens with zero attached hydrogens (tertiary/aromatic N) is 2. The Morgan fingerprint density at radius 3 is 2.38 bits per heavy atom. The monoisotopic (exact) mass is 514 g/mol. The van der Waals surface area contributed by atoms with Gasteiger partial charge in [0.2, 0.25) is 0 Å². The molecule has 0 bridgehead atoms. The fraction of sp³-hybridized carbons (Fsp3) is 0.125. The molecule has 1 heterocycles. The number of hydrogen-bond donors (Lipinski definition) is 0. The van der Waals surface area contributed by atoms with Crippen molar-refractivity contribution in [2.45, 2.75) is 13.8 Å². The number of anilines is 1. The molecule has 146 valence electrons. The topological polar surface area (TPSA) is 16.1 Å². The van der Waals surface area contributed by atoms with Gasteiger partial charge in [-0.3, -0.25) is 0 Å². The smallest absolute Gasteiger partial charge is 0.131 e. The number of rotatable bonds is 4. The average molecular weight is 514 g/mol. The van der Waals surface area contributed by atoms with Gasteiger partial charge in [0.25, 0.3) is 0 Å². The van der Waals surface area contributed by atoms with Crippen molar-refractivity contribution in [2.75, 3.05) is 9.66 Å². The Morgan fingerprint density at radius 2 is 1.69 bits per heavy atom. The Kier molecular flexibility index (Phi) is 5.84. The zero-order valence-corrected chi connectivity index (χ0v) is 19.6. The van der Waals surface area contributed by atoms with Crippen molar-refractivity contribution in [3.63, 3.8) is 0 Å². The highest BCUT2D eigenvalue weighted by Crippen LogP contribution is 2.31. The highest BCUT2D eigenvalue weighted by atomic mass is 127. The summed E-state index contributed by atoms with van der Waals surface area (Å²) in [6, 6.07) is 21.5. The molecule has 0 aliphatic carbocycles. The lowest BCUT2D eigenvalue weighted by molar-refractivity contribution is 0.632. The molecule has 0 aliphatic rings. The summed E-state index contributed by atoms with van der Waals surface area (Å²) in [4.78, 5) is 4.75. The van der Waals surface area contributed by atoms with Gasteiger partial charge in [-0.05, 0) is 66.7 Å². The molecule has 4 aromatic rings. The number of aryl methyl sites for hydroxylation is 1. The molecule has 1 unspecified atom stereocenters. The summed E-state index contributed by atoms with van der Waals surface area (Å²) in [7, 11) is 2.71. The molecule has 0 radical (unpaired) electrons. The van der Waals surface area contributed by atoms with Crippen LogP contribution in [0.4, 0.5) is 10.1 Å². The summed E-state index contributed by atoms with van der Waals surface area (Å²) in [6.45, 7) is 5.08. The molecule has 1 aromatic heterocycles. The molecule has 0 aliphatic heterocycles. The third-order valence-corrected chi connectivity index (χ3v) is 6.64. The number of hydrogen-bond acceptors (Lipinski definition) is 2. The van der Waals surface area contributed by atoms with E-state index in [4.69, 9.17) is 4.98 Å². The molecule has 2 nitrogen and oxygen atoms in total. The Balaban J connectivity index is 1.70. The maximum Gasteiger partial charge on any atom is 0.131 e. The summed E-state index contributed by atoms with van der Waals surface area (Å²) in [5, 5.41) is 2.25. The minimum atomic E-state index is -0.239. The van der Waals surface area contributed by atoms with Gasteiger partial charge in [0.1, 0.15) is 5.82 Å². The van der Waals surface area contributed by atoms with E-state index in [0.717, 1.165) is 50.8 Å². The molecule has 0 saturated heterocycles. The number of aromatic nitrogens is 1. The third-order valence-electron chi connectivity index (χ3n) is 5.04. The second-order valence-corrected chi connectivity index (χ2v) is 8.85. The average Bonchev–Trinajstić information content (AvgIpc) is 2.73. The predicted octanol–water partition coefficient (Wildman–Crippen LogP) is 6.69. The molecule has 3 aromatic carbocycles. The molecular formula is C24H21FIN2P. The van der Waals surface area contributed by atoms with Gasteiger partial charge in [-0.15, -0.1) is 9.24 Å². The maximum atomic E-state index is 15.0. The maximum absolute atomic E-state index is 15.0. The van der Waals surface area contributed by atoms with Crippen molar-refractivity contribution in [1.82, 2.24) is 4.98 Å². The zero-order valence-electron chi connectivity index (χ0n) is 16.3. The van der Waals surface area contributed by atoms with E-state index in [-0.39, 0.29) is 5.82 Å². The second-order valence-electron chi connectivity index (χ2n) is 7.02. The van der Waals surface area contributed by atoms with Gasteiger partial charge in [-0.25, -0.2) is 9.37 Å². The Morgan fingerprint density at radius 1 is 0.966 bits per heavy atom. The quantitative estimate of drug-likeness (QED) is 0.171. The fourth-order valence-electron chi connectivity index (χ4n) is 3.45. The van der Waals surface area contributed by atoms with Gasteiger partial charge in [0, 0.05) is 28.7 Å². The summed E-state index contributed by atoms with van der Waals surface area (Å²) >= 11 is 2.28. The van der Waals surface area contributed by atoms with Crippen LogP contribution in [0.25, 0.3) is 33.3 Å². The molecule has 4 rings (SSSR count). The van der Waals surface area contributed by atoms with Crippen molar-refractivity contribution in [1.29, 1.82) is 0 Å². The van der Waals surface area contributed by atoms with Gasteiger partial charge >= 0.3 is 0 Å². The largest absolute Gasteiger partial charge is 0.315 e. The van der Waals surface area contributed by atoms with Crippen LogP contribution in [0.5, 0.6) is 0 Å². The summed E-state index contributed by atoms with van der Waals surface area (Å²) in [5.41, 5.74) is 6.21. The number of benzene rings is 3. The van der Waals surface area contributed by atoms with Gasteiger partial charge in [0.15, 0.2) is 0 Å². The van der Waals surface area contributed by atoms with Crippen LogP contribution in [0.15, 0.2) is 66.7 Å². The summed E-state index contributed by atoms with van der Waals surface area (Å²) in [5.74, 6) is -0.239. The van der Waals surface area contributed by atoms with Crippen molar-refractivity contribution >= 4 is 54.0 Å². The van der Waals surface area contributed by atoms with E-state index in [1.807, 2.05) is 54.6 Å². The first-order chi connectivity index (χ1) is 14.0. The molecule has 5 heteroatoms. The van der Waals surface area contributed by atoms with E-state index >= 15 is 0 Å². The number of fused-ring (bicyclic) bond motifs is 1. The van der Waals surface area contributed by atoms with E-state index < -0.39 is 0 Å². The van der Waals surface area contributed by atoms with E-state index in [9.17, 15) is 4.39 Å². The lowest BCUT2D eigenvalue weighted by Gasteiger charge is -2.14. The lowest BCUT2D eigenvalue weighted by atomic mass is 10.00. The van der Waals surface area contributed by atoms with Crippen molar-refractivity contribution in [2.24, 2.45) is 0 Å². The van der Waals surface area contributed by atoms with Gasteiger partial charge in [-0.2, -0.15) is 0 Å². The van der Waals surface area contributed by atoms with E-state index in [1.54, 1.807) is 6.07 Å². The van der Waals surface area contributed by atoms with Gasteiger partial charge in [-0.1, -0.05) is 30.3 Å². The van der Waals surface area contributed by atoms with Crippen molar-refractivity contribution < 1.29 is 4.39 Å². The Bertz CT molecular complexity index is 1190. The van der Waals surface area contributed by atoms with Gasteiger partial charge in [0.05, 0.1) is 34.1 Å². The highest BCUT2D eigenvalue weighted by molar-refractivity contribution is 14.1. The first kappa shape index (κ1) is 20.2. The van der Waals surface area contributed by atoms with Crippen LogP contribution in [-0.2, 0) is 0 Å². The molecule has 0 N–H and O–H groups in total. The lowest BCUT2D eigenvalue weighted by Crippen LogP contribution is -2.06. The van der Waals surface area contributed by atoms with Crippen LogP contribution in [0.3, 0.4) is 0 Å². The molecule has 0 spiro atoms.